The van der Waals surface area contributed by atoms with Crippen molar-refractivity contribution in [2.75, 3.05) is 0 Å². The van der Waals surface area contributed by atoms with Gasteiger partial charge in [0.15, 0.2) is 0 Å². The van der Waals surface area contributed by atoms with Gasteiger partial charge in [-0.1, -0.05) is 46.2 Å². The molecule has 26 nitrogen and oxygen atoms in total. The molecular formula is C43H67N9O17. The molecule has 12 atom stereocenters. The third kappa shape index (κ3) is 20.9. The van der Waals surface area contributed by atoms with Crippen LogP contribution in [0.1, 0.15) is 86.6 Å². The highest BCUT2D eigenvalue weighted by atomic mass is 16.4. The summed E-state index contributed by atoms with van der Waals surface area (Å²) in [7, 11) is 0. The molecular weight excluding hydrogens is 915 g/mol. The molecule has 0 heterocycles. The van der Waals surface area contributed by atoms with E-state index >= 15 is 0 Å². The van der Waals surface area contributed by atoms with Gasteiger partial charge in [0.05, 0.1) is 31.1 Å². The standard InChI is InChI=1S/C43H67N9O17/c1-9-19(4)32(50-36(61)21(6)46-41(66)33(22(7)53)51-38(63)27(14-18(2)3)48-37(62)26(44)16-30(56)57)40(65)45-20(5)35(60)47-28(17-31(58)59)39(64)52-34(23(8)54)42(67)49-29(43(68)69)15-24-10-12-25(55)13-11-24/h10-13,18-23,26-29,32-34,53-55H,9,14-17,44H2,1-8H3,(H,45,65)(H,46,66)(H,47,60)(H,48,62)(H,49,67)(H,50,61)(H,51,63)(H,52,64)(H,56,57)(H,58,59)(H,68,69)/t19-,20-,21-,22+,23+,26-,27-,28-,29-,32-,33-,34-/m0/s1. The second-order valence-corrected chi connectivity index (χ2v) is 17.1. The van der Waals surface area contributed by atoms with Gasteiger partial charge in [-0.25, -0.2) is 4.79 Å². The Morgan fingerprint density at radius 3 is 1.35 bits per heavy atom. The van der Waals surface area contributed by atoms with E-state index in [1.807, 2.05) is 0 Å². The average Bonchev–Trinajstić information content (AvgIpc) is 3.24. The second kappa shape index (κ2) is 28.4. The monoisotopic (exact) mass is 981 g/mol. The summed E-state index contributed by atoms with van der Waals surface area (Å²) in [6.07, 6.45) is -4.98. The van der Waals surface area contributed by atoms with Crippen molar-refractivity contribution in [3.8, 4) is 5.75 Å². The lowest BCUT2D eigenvalue weighted by atomic mass is 9.97. The third-order valence-corrected chi connectivity index (χ3v) is 10.5. The Labute approximate surface area is 397 Å². The molecule has 1 aromatic carbocycles. The van der Waals surface area contributed by atoms with Gasteiger partial charge in [0.2, 0.25) is 47.3 Å². The van der Waals surface area contributed by atoms with Gasteiger partial charge in [-0.15, -0.1) is 0 Å². The van der Waals surface area contributed by atoms with Crippen molar-refractivity contribution in [1.29, 1.82) is 0 Å². The number of aliphatic hydroxyl groups is 2. The number of aromatic hydroxyl groups is 1. The molecule has 1 aromatic rings. The van der Waals surface area contributed by atoms with Gasteiger partial charge in [-0.2, -0.15) is 0 Å². The molecule has 8 amide bonds. The minimum atomic E-state index is -1.91. The van der Waals surface area contributed by atoms with Gasteiger partial charge in [-0.05, 0) is 63.6 Å². The summed E-state index contributed by atoms with van der Waals surface area (Å²) >= 11 is 0. The summed E-state index contributed by atoms with van der Waals surface area (Å²) in [5.74, 6) is -13.7. The summed E-state index contributed by atoms with van der Waals surface area (Å²) in [4.78, 5) is 141. The number of carbonyl (C=O) groups excluding carboxylic acids is 8. The fourth-order valence-corrected chi connectivity index (χ4v) is 6.31. The number of hydrogen-bond donors (Lipinski definition) is 15. The van der Waals surface area contributed by atoms with Crippen molar-refractivity contribution in [1.82, 2.24) is 42.5 Å². The highest BCUT2D eigenvalue weighted by Gasteiger charge is 2.37. The van der Waals surface area contributed by atoms with Crippen molar-refractivity contribution in [2.45, 2.75) is 154 Å². The zero-order valence-electron chi connectivity index (χ0n) is 39.6. The van der Waals surface area contributed by atoms with Crippen LogP contribution >= 0.6 is 0 Å². The molecule has 0 aliphatic heterocycles. The van der Waals surface area contributed by atoms with Gasteiger partial charge < -0.3 is 78.9 Å². The Morgan fingerprint density at radius 2 is 0.913 bits per heavy atom. The van der Waals surface area contributed by atoms with Crippen molar-refractivity contribution in [2.24, 2.45) is 17.6 Å². The lowest BCUT2D eigenvalue weighted by molar-refractivity contribution is -0.144. The highest BCUT2D eigenvalue weighted by Crippen LogP contribution is 2.13. The number of amides is 8. The summed E-state index contributed by atoms with van der Waals surface area (Å²) in [6, 6.07) is -8.75. The minimum absolute atomic E-state index is 0.0233. The number of carbonyl (C=O) groups is 11. The maximum atomic E-state index is 13.6. The Morgan fingerprint density at radius 1 is 0.507 bits per heavy atom. The van der Waals surface area contributed by atoms with E-state index in [4.69, 9.17) is 10.8 Å². The van der Waals surface area contributed by atoms with E-state index in [1.54, 1.807) is 27.7 Å². The van der Waals surface area contributed by atoms with Crippen LogP contribution < -0.4 is 48.3 Å². The lowest BCUT2D eigenvalue weighted by Crippen LogP contribution is -2.62. The van der Waals surface area contributed by atoms with Crippen molar-refractivity contribution in [3.63, 3.8) is 0 Å². The number of phenols is 1. The summed E-state index contributed by atoms with van der Waals surface area (Å²) < 4.78 is 0. The molecule has 0 unspecified atom stereocenters. The second-order valence-electron chi connectivity index (χ2n) is 17.1. The molecule has 26 heteroatoms. The maximum absolute atomic E-state index is 13.6. The first-order chi connectivity index (χ1) is 32.0. The number of carboxylic acids is 3. The van der Waals surface area contributed by atoms with Gasteiger partial charge in [0.25, 0.3) is 0 Å². The number of aliphatic hydroxyl groups excluding tert-OH is 2. The predicted molar refractivity (Wildman–Crippen MR) is 241 cm³/mol. The number of rotatable bonds is 29. The van der Waals surface area contributed by atoms with E-state index in [0.717, 1.165) is 13.8 Å². The summed E-state index contributed by atoms with van der Waals surface area (Å²) in [5.41, 5.74) is 6.02. The number of hydrogen-bond acceptors (Lipinski definition) is 15. The first-order valence-electron chi connectivity index (χ1n) is 22.0. The first kappa shape index (κ1) is 60.1. The molecule has 0 aliphatic carbocycles. The van der Waals surface area contributed by atoms with Crippen LogP contribution in [0.4, 0.5) is 0 Å². The average molecular weight is 982 g/mol. The van der Waals surface area contributed by atoms with Crippen LogP contribution in [-0.2, 0) is 59.2 Å². The van der Waals surface area contributed by atoms with E-state index in [1.165, 1.54) is 38.1 Å². The number of phenolic OH excluding ortho intramolecular Hbond substituents is 1. The van der Waals surface area contributed by atoms with Gasteiger partial charge in [-0.3, -0.25) is 47.9 Å². The molecule has 69 heavy (non-hydrogen) atoms. The first-order valence-corrected chi connectivity index (χ1v) is 22.0. The van der Waals surface area contributed by atoms with Crippen LogP contribution in [0, 0.1) is 11.8 Å². The van der Waals surface area contributed by atoms with Gasteiger partial charge in [0, 0.05) is 6.42 Å². The number of carboxylic acid groups (broad SMARTS) is 3. The van der Waals surface area contributed by atoms with Gasteiger partial charge in [0.1, 0.15) is 54.1 Å². The summed E-state index contributed by atoms with van der Waals surface area (Å²) in [5, 5.41) is 76.9. The number of nitrogens with two attached hydrogens (primary N) is 1. The maximum Gasteiger partial charge on any atom is 0.326 e. The molecule has 0 aliphatic rings. The van der Waals surface area contributed by atoms with Crippen molar-refractivity contribution < 1.29 is 83.4 Å². The van der Waals surface area contributed by atoms with Crippen molar-refractivity contribution in [3.05, 3.63) is 29.8 Å². The summed E-state index contributed by atoms with van der Waals surface area (Å²) in [6.45, 7) is 11.3. The Kier molecular flexibility index (Phi) is 24.7. The zero-order valence-corrected chi connectivity index (χ0v) is 39.6. The van der Waals surface area contributed by atoms with E-state index in [0.29, 0.717) is 5.56 Å². The molecule has 0 bridgehead atoms. The highest BCUT2D eigenvalue weighted by molar-refractivity contribution is 5.99. The number of nitrogens with one attached hydrogen (secondary N) is 8. The molecule has 0 aromatic heterocycles. The SMILES string of the molecule is CC[C@H](C)[C@H](NC(=O)[C@H](C)NC(=O)[C@@H](NC(=O)[C@H](CC(C)C)NC(=O)[C@@H](N)CC(=O)O)[C@@H](C)O)C(=O)N[C@@H](C)C(=O)N[C@@H](CC(=O)O)C(=O)N[C@H](C(=O)N[C@@H](Cc1ccc(O)cc1)C(=O)O)[C@@H](C)O. The molecule has 0 spiro atoms. The smallest absolute Gasteiger partial charge is 0.326 e. The normalized spacial score (nSPS) is 16.3. The lowest BCUT2D eigenvalue weighted by Gasteiger charge is -2.29. The Balaban J connectivity index is 3.12. The largest absolute Gasteiger partial charge is 0.508 e. The van der Waals surface area contributed by atoms with Crippen molar-refractivity contribution >= 4 is 65.2 Å². The van der Waals surface area contributed by atoms with Gasteiger partial charge >= 0.3 is 17.9 Å². The molecule has 0 saturated heterocycles. The van der Waals surface area contributed by atoms with Crippen LogP contribution in [0.15, 0.2) is 24.3 Å². The number of benzene rings is 1. The molecule has 0 saturated carbocycles. The van der Waals surface area contributed by atoms with Crippen LogP contribution in [0.3, 0.4) is 0 Å². The van der Waals surface area contributed by atoms with Crippen LogP contribution in [0.2, 0.25) is 0 Å². The molecule has 0 fully saturated rings. The Hall–Kier alpha value is -6.93. The van der Waals surface area contributed by atoms with E-state index in [2.05, 4.69) is 42.5 Å². The fourth-order valence-electron chi connectivity index (χ4n) is 6.31. The molecule has 1 rings (SSSR count). The van der Waals surface area contributed by atoms with E-state index in [-0.39, 0.29) is 30.9 Å². The van der Waals surface area contributed by atoms with Crippen LogP contribution in [-0.4, -0.2) is 162 Å². The van der Waals surface area contributed by atoms with Crippen LogP contribution in [0.5, 0.6) is 5.75 Å². The molecule has 0 radical (unpaired) electrons. The molecule has 386 valence electrons. The zero-order chi connectivity index (χ0) is 53.0. The fraction of sp³-hybridized carbons (Fsp3) is 0.605. The topological polar surface area (TPSA) is 431 Å². The van der Waals surface area contributed by atoms with Crippen LogP contribution in [0.25, 0.3) is 0 Å². The third-order valence-electron chi connectivity index (χ3n) is 10.5. The molecule has 16 N–H and O–H groups in total. The predicted octanol–water partition coefficient (Wildman–Crippen LogP) is -3.93. The minimum Gasteiger partial charge on any atom is -0.508 e. The Bertz CT molecular complexity index is 2000. The number of aliphatic carboxylic acids is 3. The van der Waals surface area contributed by atoms with E-state index in [9.17, 15) is 78.3 Å². The quantitative estimate of drug-likeness (QED) is 0.0364. The van der Waals surface area contributed by atoms with E-state index < -0.39 is 151 Å².